The van der Waals surface area contributed by atoms with Crippen molar-refractivity contribution in [3.8, 4) is 11.4 Å². The molecular weight excluding hydrogens is 410 g/mol. The molecule has 168 valence electrons. The van der Waals surface area contributed by atoms with E-state index in [1.165, 1.54) is 12.8 Å². The zero-order valence-electron chi connectivity index (χ0n) is 18.9. The molecular formula is C23H33N5O2S. The van der Waals surface area contributed by atoms with Gasteiger partial charge in [-0.1, -0.05) is 13.8 Å². The molecule has 0 radical (unpaired) electrons. The van der Waals surface area contributed by atoms with Crippen molar-refractivity contribution in [2.24, 2.45) is 11.8 Å². The molecule has 3 heterocycles. The Morgan fingerprint density at radius 3 is 2.81 bits per heavy atom. The summed E-state index contributed by atoms with van der Waals surface area (Å²) in [6.45, 7) is 10.8. The maximum Gasteiger partial charge on any atom is 0.244 e. The predicted octanol–water partition coefficient (Wildman–Crippen LogP) is 3.15. The number of amides is 1. The number of hydrogen-bond donors (Lipinski definition) is 3. The van der Waals surface area contributed by atoms with Crippen LogP contribution in [0.3, 0.4) is 0 Å². The second kappa shape index (κ2) is 9.12. The number of hydrogen-bond acceptors (Lipinski definition) is 6. The van der Waals surface area contributed by atoms with Gasteiger partial charge in [0.05, 0.1) is 5.69 Å². The predicted molar refractivity (Wildman–Crippen MR) is 125 cm³/mol. The highest BCUT2D eigenvalue weighted by molar-refractivity contribution is 7.14. The van der Waals surface area contributed by atoms with Gasteiger partial charge in [-0.3, -0.25) is 9.59 Å². The van der Waals surface area contributed by atoms with Crippen LogP contribution in [0.2, 0.25) is 0 Å². The van der Waals surface area contributed by atoms with E-state index in [0.717, 1.165) is 65.3 Å². The summed E-state index contributed by atoms with van der Waals surface area (Å²) in [5.74, 6) is 1.56. The second-order valence-electron chi connectivity index (χ2n) is 9.00. The van der Waals surface area contributed by atoms with Crippen LogP contribution in [0.5, 0.6) is 0 Å². The molecule has 1 atom stereocenters. The molecule has 0 aromatic carbocycles. The van der Waals surface area contributed by atoms with Crippen molar-refractivity contribution >= 4 is 28.2 Å². The number of nitrogens with zero attached hydrogens (tertiary/aromatic N) is 2. The maximum absolute atomic E-state index is 12.9. The van der Waals surface area contributed by atoms with Crippen LogP contribution in [0.4, 0.5) is 5.13 Å². The van der Waals surface area contributed by atoms with Gasteiger partial charge in [-0.2, -0.15) is 0 Å². The fourth-order valence-corrected chi connectivity index (χ4v) is 5.90. The van der Waals surface area contributed by atoms with Gasteiger partial charge in [0.1, 0.15) is 11.7 Å². The van der Waals surface area contributed by atoms with Crippen LogP contribution in [0.25, 0.3) is 11.4 Å². The monoisotopic (exact) mass is 443 g/mol. The van der Waals surface area contributed by atoms with Crippen molar-refractivity contribution in [2.45, 2.75) is 53.0 Å². The van der Waals surface area contributed by atoms with Crippen molar-refractivity contribution in [3.63, 3.8) is 0 Å². The van der Waals surface area contributed by atoms with Gasteiger partial charge in [0.15, 0.2) is 10.9 Å². The fourth-order valence-electron chi connectivity index (χ4n) is 5.00. The summed E-state index contributed by atoms with van der Waals surface area (Å²) < 4.78 is 0. The summed E-state index contributed by atoms with van der Waals surface area (Å²) in [5.41, 5.74) is 4.44. The van der Waals surface area contributed by atoms with E-state index in [-0.39, 0.29) is 17.7 Å². The molecule has 2 aromatic heterocycles. The molecule has 1 saturated carbocycles. The van der Waals surface area contributed by atoms with Gasteiger partial charge >= 0.3 is 0 Å². The number of carbonyl (C=O) groups excluding carboxylic acids is 2. The van der Waals surface area contributed by atoms with Crippen molar-refractivity contribution in [2.75, 3.05) is 31.1 Å². The minimum atomic E-state index is -0.256. The first-order valence-electron chi connectivity index (χ1n) is 11.3. The Morgan fingerprint density at radius 2 is 2.13 bits per heavy atom. The summed E-state index contributed by atoms with van der Waals surface area (Å²) in [6, 6.07) is -0.256. The highest BCUT2D eigenvalue weighted by Gasteiger charge is 2.32. The third-order valence-corrected chi connectivity index (χ3v) is 7.45. The number of nitrogens with one attached hydrogen (secondary N) is 3. The average molecular weight is 444 g/mol. The van der Waals surface area contributed by atoms with Gasteiger partial charge in [-0.25, -0.2) is 4.98 Å². The van der Waals surface area contributed by atoms with Crippen LogP contribution in [-0.4, -0.2) is 53.9 Å². The molecule has 1 saturated heterocycles. The zero-order valence-corrected chi connectivity index (χ0v) is 19.7. The average Bonchev–Trinajstić information content (AvgIpc) is 3.34. The van der Waals surface area contributed by atoms with E-state index >= 15 is 0 Å². The van der Waals surface area contributed by atoms with Crippen LogP contribution in [0, 0.1) is 18.8 Å². The number of Topliss-reactive ketones (excluding diaryl/α,β-unsaturated/α-hetero) is 1. The van der Waals surface area contributed by atoms with E-state index in [9.17, 15) is 9.59 Å². The van der Waals surface area contributed by atoms with E-state index < -0.39 is 0 Å². The lowest BCUT2D eigenvalue weighted by atomic mass is 9.76. The Bertz CT molecular complexity index is 959. The Labute approximate surface area is 188 Å². The SMILES string of the molecule is CCc1c(-c2csc(N3CCNCC3C(=O)NCC3CC(C)C3)n2)[nH]c(C)c1C(C)=O. The topological polar surface area (TPSA) is 90.1 Å². The number of aromatic amines is 1. The minimum absolute atomic E-state index is 0.0759. The van der Waals surface area contributed by atoms with Gasteiger partial charge in [-0.05, 0) is 50.5 Å². The Morgan fingerprint density at radius 1 is 1.35 bits per heavy atom. The van der Waals surface area contributed by atoms with Crippen LogP contribution in [0.1, 0.15) is 55.2 Å². The van der Waals surface area contributed by atoms with Crippen LogP contribution in [-0.2, 0) is 11.2 Å². The number of H-pyrrole nitrogens is 1. The molecule has 3 N–H and O–H groups in total. The van der Waals surface area contributed by atoms with E-state index in [0.29, 0.717) is 12.5 Å². The van der Waals surface area contributed by atoms with Crippen molar-refractivity contribution < 1.29 is 9.59 Å². The van der Waals surface area contributed by atoms with Gasteiger partial charge in [0.25, 0.3) is 0 Å². The lowest BCUT2D eigenvalue weighted by Gasteiger charge is -2.36. The summed E-state index contributed by atoms with van der Waals surface area (Å²) in [5, 5.41) is 9.39. The van der Waals surface area contributed by atoms with Crippen LogP contribution < -0.4 is 15.5 Å². The molecule has 2 fully saturated rings. The third-order valence-electron chi connectivity index (χ3n) is 6.57. The Kier molecular flexibility index (Phi) is 6.48. The quantitative estimate of drug-likeness (QED) is 0.572. The van der Waals surface area contributed by atoms with Gasteiger partial charge in [0, 0.05) is 42.8 Å². The van der Waals surface area contributed by atoms with Gasteiger partial charge in [-0.15, -0.1) is 11.3 Å². The number of piperazine rings is 1. The lowest BCUT2D eigenvalue weighted by molar-refractivity contribution is -0.123. The number of carbonyl (C=O) groups is 2. The highest BCUT2D eigenvalue weighted by atomic mass is 32.1. The van der Waals surface area contributed by atoms with E-state index in [4.69, 9.17) is 4.98 Å². The lowest BCUT2D eigenvalue weighted by Crippen LogP contribution is -2.58. The number of aryl methyl sites for hydroxylation is 1. The molecule has 1 amide bonds. The number of aromatic nitrogens is 2. The van der Waals surface area contributed by atoms with Crippen molar-refractivity contribution in [1.82, 2.24) is 20.6 Å². The minimum Gasteiger partial charge on any atom is -0.356 e. The number of anilines is 1. The number of thiazole rings is 1. The first-order valence-corrected chi connectivity index (χ1v) is 12.2. The molecule has 1 unspecified atom stereocenters. The zero-order chi connectivity index (χ0) is 22.1. The molecule has 1 aliphatic carbocycles. The van der Waals surface area contributed by atoms with Gasteiger partial charge < -0.3 is 20.5 Å². The summed E-state index contributed by atoms with van der Waals surface area (Å²) >= 11 is 1.56. The third kappa shape index (κ3) is 4.41. The van der Waals surface area contributed by atoms with Crippen LogP contribution in [0.15, 0.2) is 5.38 Å². The van der Waals surface area contributed by atoms with Crippen molar-refractivity contribution in [3.05, 3.63) is 22.2 Å². The molecule has 8 heteroatoms. The molecule has 7 nitrogen and oxygen atoms in total. The molecule has 0 bridgehead atoms. The molecule has 2 aromatic rings. The smallest absolute Gasteiger partial charge is 0.244 e. The second-order valence-corrected chi connectivity index (χ2v) is 9.84. The Balaban J connectivity index is 1.52. The molecule has 1 aliphatic heterocycles. The molecule has 31 heavy (non-hydrogen) atoms. The number of rotatable bonds is 7. The molecule has 4 rings (SSSR count). The van der Waals surface area contributed by atoms with E-state index in [2.05, 4.69) is 34.4 Å². The molecule has 0 spiro atoms. The summed E-state index contributed by atoms with van der Waals surface area (Å²) in [7, 11) is 0. The standard InChI is InChI=1S/C23H33N5O2S/c1-5-17-20(15(4)29)14(3)26-21(17)18-12-31-23(27-18)28-7-6-24-11-19(28)22(30)25-10-16-8-13(2)9-16/h12-13,16,19,24,26H,5-11H2,1-4H3,(H,25,30). The van der Waals surface area contributed by atoms with Crippen molar-refractivity contribution in [1.29, 1.82) is 0 Å². The first-order chi connectivity index (χ1) is 14.9. The maximum atomic E-state index is 12.9. The van der Waals surface area contributed by atoms with Gasteiger partial charge in [0.2, 0.25) is 5.91 Å². The normalized spacial score (nSPS) is 23.5. The summed E-state index contributed by atoms with van der Waals surface area (Å²) in [4.78, 5) is 35.4. The highest BCUT2D eigenvalue weighted by Crippen LogP contribution is 2.34. The number of ketones is 1. The fraction of sp³-hybridized carbons (Fsp3) is 0.609. The van der Waals surface area contributed by atoms with E-state index in [1.807, 2.05) is 12.3 Å². The summed E-state index contributed by atoms with van der Waals surface area (Å²) in [6.07, 6.45) is 3.18. The first kappa shape index (κ1) is 22.0. The van der Waals surface area contributed by atoms with Crippen LogP contribution >= 0.6 is 11.3 Å². The van der Waals surface area contributed by atoms with E-state index in [1.54, 1.807) is 18.3 Å². The largest absolute Gasteiger partial charge is 0.356 e. The Hall–Kier alpha value is -2.19. The molecule has 2 aliphatic rings.